The summed E-state index contributed by atoms with van der Waals surface area (Å²) in [7, 11) is 1.39. The Morgan fingerprint density at radius 3 is 2.45 bits per heavy atom. The predicted octanol–water partition coefficient (Wildman–Crippen LogP) is 1.84. The first-order chi connectivity index (χ1) is 10.5. The Hall–Kier alpha value is -2.18. The molecule has 1 aromatic heterocycles. The number of aryl methyl sites for hydroxylation is 1. The molecule has 1 fully saturated rings. The second-order valence-corrected chi connectivity index (χ2v) is 5.54. The number of hydrogen-bond acceptors (Lipinski definition) is 6. The predicted molar refractivity (Wildman–Crippen MR) is 76.8 cm³/mol. The zero-order chi connectivity index (χ0) is 15.9. The first kappa shape index (κ1) is 14.7. The smallest absolute Gasteiger partial charge is 0.316 e. The molecule has 0 unspecified atom stereocenters. The van der Waals surface area contributed by atoms with E-state index in [1.165, 1.54) is 7.11 Å². The van der Waals surface area contributed by atoms with Crippen molar-refractivity contribution < 1.29 is 24.3 Å². The van der Waals surface area contributed by atoms with Gasteiger partial charge in [0.05, 0.1) is 23.8 Å². The van der Waals surface area contributed by atoms with Crippen molar-refractivity contribution >= 4 is 5.97 Å². The van der Waals surface area contributed by atoms with Gasteiger partial charge in [-0.3, -0.25) is 4.79 Å². The maximum atomic E-state index is 11.9. The molecule has 116 valence electrons. The van der Waals surface area contributed by atoms with E-state index in [4.69, 9.17) is 9.26 Å². The van der Waals surface area contributed by atoms with E-state index < -0.39 is 11.7 Å². The van der Waals surface area contributed by atoms with Gasteiger partial charge in [-0.05, 0) is 25.3 Å². The highest BCUT2D eigenvalue weighted by Gasteiger charge is 2.52. The van der Waals surface area contributed by atoms with Crippen molar-refractivity contribution in [2.75, 3.05) is 7.11 Å². The first-order valence-corrected chi connectivity index (χ1v) is 7.01. The molecule has 6 nitrogen and oxygen atoms in total. The molecular weight excluding hydrogens is 286 g/mol. The quantitative estimate of drug-likeness (QED) is 0.661. The van der Waals surface area contributed by atoms with E-state index in [0.717, 1.165) is 18.4 Å². The van der Waals surface area contributed by atoms with Gasteiger partial charge in [-0.2, -0.15) is 0 Å². The van der Waals surface area contributed by atoms with E-state index in [9.17, 15) is 15.0 Å². The third-order valence-corrected chi connectivity index (χ3v) is 4.19. The Labute approximate surface area is 127 Å². The van der Waals surface area contributed by atoms with Crippen molar-refractivity contribution in [2.24, 2.45) is 0 Å². The number of aromatic nitrogens is 1. The number of methoxy groups -OCH3 is 1. The molecule has 1 aliphatic carbocycles. The molecule has 0 saturated heterocycles. The van der Waals surface area contributed by atoms with Crippen LogP contribution in [0.25, 0.3) is 11.3 Å². The number of nitrogens with zero attached hydrogens (tertiary/aromatic N) is 1. The van der Waals surface area contributed by atoms with Crippen LogP contribution in [0, 0.1) is 6.92 Å². The van der Waals surface area contributed by atoms with Crippen LogP contribution in [0.4, 0.5) is 0 Å². The average Bonchev–Trinajstić information content (AvgIpc) is 3.23. The van der Waals surface area contributed by atoms with Crippen molar-refractivity contribution in [1.82, 2.24) is 5.16 Å². The zero-order valence-corrected chi connectivity index (χ0v) is 12.4. The van der Waals surface area contributed by atoms with Gasteiger partial charge in [0.15, 0.2) is 12.1 Å². The lowest BCUT2D eigenvalue weighted by atomic mass is 9.94. The molecule has 0 atom stereocenters. The van der Waals surface area contributed by atoms with Gasteiger partial charge < -0.3 is 19.5 Å². The second kappa shape index (κ2) is 5.23. The van der Waals surface area contributed by atoms with Crippen LogP contribution in [0.15, 0.2) is 28.8 Å². The molecule has 2 N–H and O–H groups in total. The number of benzene rings is 1. The number of aliphatic hydroxyl groups excluding tert-OH is 1. The van der Waals surface area contributed by atoms with Gasteiger partial charge in [0.25, 0.3) is 0 Å². The monoisotopic (exact) mass is 303 g/mol. The highest BCUT2D eigenvalue weighted by Crippen LogP contribution is 2.49. The lowest BCUT2D eigenvalue weighted by Gasteiger charge is -2.13. The molecule has 3 rings (SSSR count). The van der Waals surface area contributed by atoms with Gasteiger partial charge in [0.2, 0.25) is 0 Å². The molecule has 0 amide bonds. The van der Waals surface area contributed by atoms with Gasteiger partial charge in [-0.15, -0.1) is 0 Å². The van der Waals surface area contributed by atoms with Crippen LogP contribution >= 0.6 is 0 Å². The first-order valence-electron chi connectivity index (χ1n) is 7.01. The third kappa shape index (κ3) is 2.20. The molecule has 1 heterocycles. The second-order valence-electron chi connectivity index (χ2n) is 5.54. The summed E-state index contributed by atoms with van der Waals surface area (Å²) in [5.41, 5.74) is 1.73. The highest BCUT2D eigenvalue weighted by molar-refractivity contribution is 5.86. The minimum Gasteiger partial charge on any atom is -0.468 e. The van der Waals surface area contributed by atoms with E-state index in [2.05, 4.69) is 5.16 Å². The zero-order valence-electron chi connectivity index (χ0n) is 12.4. The number of carbonyl (C=O) groups excluding carboxylic acids is 1. The number of hydrogen-bond donors (Lipinski definition) is 2. The lowest BCUT2D eigenvalue weighted by molar-refractivity contribution is -0.143. The summed E-state index contributed by atoms with van der Waals surface area (Å²) in [6.07, 6.45) is -0.0898. The number of rotatable bonds is 4. The van der Waals surface area contributed by atoms with Gasteiger partial charge in [-0.25, -0.2) is 0 Å². The number of carbonyl (C=O) groups is 1. The van der Waals surface area contributed by atoms with E-state index in [1.807, 2.05) is 12.1 Å². The molecule has 1 aromatic carbocycles. The fourth-order valence-electron chi connectivity index (χ4n) is 2.76. The fraction of sp³-hybridized carbons (Fsp3) is 0.375. The molecular formula is C16H17NO5. The third-order valence-electron chi connectivity index (χ3n) is 4.19. The molecule has 6 heteroatoms. The Morgan fingerprint density at radius 1 is 1.32 bits per heavy atom. The molecule has 0 bridgehead atoms. The average molecular weight is 303 g/mol. The van der Waals surface area contributed by atoms with Crippen molar-refractivity contribution in [3.8, 4) is 11.3 Å². The van der Waals surface area contributed by atoms with Crippen molar-refractivity contribution in [1.29, 1.82) is 0 Å². The summed E-state index contributed by atoms with van der Waals surface area (Å²) in [6, 6.07) is 7.24. The van der Waals surface area contributed by atoms with Crippen LogP contribution in [0.3, 0.4) is 0 Å². The molecule has 0 radical (unpaired) electrons. The van der Waals surface area contributed by atoms with Crippen LogP contribution in [0.2, 0.25) is 0 Å². The normalized spacial score (nSPS) is 15.9. The van der Waals surface area contributed by atoms with E-state index in [0.29, 0.717) is 17.0 Å². The van der Waals surface area contributed by atoms with Gasteiger partial charge >= 0.3 is 5.97 Å². The van der Waals surface area contributed by atoms with Gasteiger partial charge in [0, 0.05) is 5.56 Å². The minimum absolute atomic E-state index is 0.220. The largest absolute Gasteiger partial charge is 0.468 e. The Morgan fingerprint density at radius 2 is 1.95 bits per heavy atom. The van der Waals surface area contributed by atoms with Crippen LogP contribution in [-0.4, -0.2) is 28.4 Å². The van der Waals surface area contributed by atoms with Gasteiger partial charge in [-0.1, -0.05) is 29.4 Å². The van der Waals surface area contributed by atoms with Crippen LogP contribution in [-0.2, 0) is 14.9 Å². The summed E-state index contributed by atoms with van der Waals surface area (Å²) in [5, 5.41) is 22.6. The SMILES string of the molecule is COC(=O)C1(c2ccc(-c3onc(C)c3C(O)O)cc2)CC1. The molecule has 1 saturated carbocycles. The van der Waals surface area contributed by atoms with Crippen LogP contribution < -0.4 is 0 Å². The van der Waals surface area contributed by atoms with E-state index in [-0.39, 0.29) is 11.5 Å². The maximum absolute atomic E-state index is 11.9. The topological polar surface area (TPSA) is 92.8 Å². The van der Waals surface area contributed by atoms with E-state index >= 15 is 0 Å². The Balaban J connectivity index is 1.95. The van der Waals surface area contributed by atoms with E-state index in [1.54, 1.807) is 19.1 Å². The number of aliphatic hydroxyl groups is 2. The Kier molecular flexibility index (Phi) is 3.50. The molecule has 2 aromatic rings. The van der Waals surface area contributed by atoms with Crippen molar-refractivity contribution in [2.45, 2.75) is 31.5 Å². The summed E-state index contributed by atoms with van der Waals surface area (Å²) < 4.78 is 10.1. The van der Waals surface area contributed by atoms with Crippen LogP contribution in [0.1, 0.15) is 36.0 Å². The summed E-state index contributed by atoms with van der Waals surface area (Å²) in [6.45, 7) is 1.65. The maximum Gasteiger partial charge on any atom is 0.316 e. The molecule has 0 spiro atoms. The number of ether oxygens (including phenoxy) is 1. The van der Waals surface area contributed by atoms with Gasteiger partial charge in [0.1, 0.15) is 0 Å². The lowest BCUT2D eigenvalue weighted by Crippen LogP contribution is -2.21. The van der Waals surface area contributed by atoms with Crippen molar-refractivity contribution in [3.05, 3.63) is 41.1 Å². The minimum atomic E-state index is -1.65. The summed E-state index contributed by atoms with van der Waals surface area (Å²) >= 11 is 0. The highest BCUT2D eigenvalue weighted by atomic mass is 16.5. The Bertz CT molecular complexity index is 698. The standard InChI is InChI=1S/C16H17NO5/c1-9-12(14(18)19)13(22-17-9)10-3-5-11(6-4-10)16(7-8-16)15(20)21-2/h3-6,14,18-19H,7-8H2,1-2H3. The fourth-order valence-corrected chi connectivity index (χ4v) is 2.76. The molecule has 22 heavy (non-hydrogen) atoms. The van der Waals surface area contributed by atoms with Crippen molar-refractivity contribution in [3.63, 3.8) is 0 Å². The molecule has 1 aliphatic rings. The van der Waals surface area contributed by atoms with Crippen LogP contribution in [0.5, 0.6) is 0 Å². The summed E-state index contributed by atoms with van der Waals surface area (Å²) in [5.74, 6) is 0.101. The summed E-state index contributed by atoms with van der Waals surface area (Å²) in [4.78, 5) is 11.9. The number of esters is 1. The molecule has 0 aliphatic heterocycles.